The molecule has 6 atom stereocenters. The van der Waals surface area contributed by atoms with Crippen LogP contribution in [-0.4, -0.2) is 22.9 Å². The first-order valence-corrected chi connectivity index (χ1v) is 9.63. The SMILES string of the molecule is CC12CCC3C(CC=C4CC(O)CCC43CO)C1CCC2=CC#N. The van der Waals surface area contributed by atoms with Crippen LogP contribution in [0.1, 0.15) is 58.3 Å². The number of hydrogen-bond donors (Lipinski definition) is 2. The Bertz CT molecular complexity index is 630. The summed E-state index contributed by atoms with van der Waals surface area (Å²) >= 11 is 0. The van der Waals surface area contributed by atoms with Gasteiger partial charge in [-0.3, -0.25) is 0 Å². The average Bonchev–Trinajstić information content (AvgIpc) is 2.91. The summed E-state index contributed by atoms with van der Waals surface area (Å²) in [6.45, 7) is 2.61. The lowest BCUT2D eigenvalue weighted by Gasteiger charge is -2.57. The van der Waals surface area contributed by atoms with E-state index in [2.05, 4.69) is 19.1 Å². The van der Waals surface area contributed by atoms with Gasteiger partial charge in [0.05, 0.1) is 18.8 Å². The maximum atomic E-state index is 10.4. The maximum absolute atomic E-state index is 10.4. The van der Waals surface area contributed by atoms with Gasteiger partial charge in [-0.2, -0.15) is 5.26 Å². The fraction of sp³-hybridized carbons (Fsp3) is 0.762. The number of rotatable bonds is 1. The minimum absolute atomic E-state index is 0.0782. The number of hydrogen-bond acceptors (Lipinski definition) is 3. The molecule has 0 spiro atoms. The lowest BCUT2D eigenvalue weighted by molar-refractivity contribution is -0.0583. The van der Waals surface area contributed by atoms with E-state index in [0.717, 1.165) is 44.9 Å². The Morgan fingerprint density at radius 2 is 2.12 bits per heavy atom. The van der Waals surface area contributed by atoms with Gasteiger partial charge >= 0.3 is 0 Å². The topological polar surface area (TPSA) is 64.2 Å². The second-order valence-electron chi connectivity index (χ2n) is 8.85. The van der Waals surface area contributed by atoms with Gasteiger partial charge in [0.2, 0.25) is 0 Å². The zero-order chi connectivity index (χ0) is 16.9. The highest BCUT2D eigenvalue weighted by Gasteiger charge is 2.58. The molecule has 0 heterocycles. The molecule has 4 rings (SSSR count). The minimum atomic E-state index is -0.224. The summed E-state index contributed by atoms with van der Waals surface area (Å²) in [6, 6.07) is 2.27. The van der Waals surface area contributed by atoms with E-state index in [0.29, 0.717) is 17.8 Å². The van der Waals surface area contributed by atoms with Crippen LogP contribution in [-0.2, 0) is 0 Å². The van der Waals surface area contributed by atoms with Crippen LogP contribution in [0.2, 0.25) is 0 Å². The number of fused-ring (bicyclic) bond motifs is 5. The predicted octanol–water partition coefficient (Wildman–Crippen LogP) is 3.73. The molecule has 2 N–H and O–H groups in total. The molecule has 3 saturated carbocycles. The summed E-state index contributed by atoms with van der Waals surface area (Å²) in [4.78, 5) is 0. The highest BCUT2D eigenvalue weighted by atomic mass is 16.3. The molecule has 4 aliphatic carbocycles. The smallest absolute Gasteiger partial charge is 0.0911 e. The van der Waals surface area contributed by atoms with Crippen molar-refractivity contribution in [1.29, 1.82) is 5.26 Å². The van der Waals surface area contributed by atoms with Crippen molar-refractivity contribution >= 4 is 0 Å². The lowest BCUT2D eigenvalue weighted by Crippen LogP contribution is -2.52. The molecule has 24 heavy (non-hydrogen) atoms. The number of nitrogens with zero attached hydrogens (tertiary/aromatic N) is 1. The Kier molecular flexibility index (Phi) is 3.90. The average molecular weight is 327 g/mol. The summed E-state index contributed by atoms with van der Waals surface area (Å²) in [5.74, 6) is 1.82. The molecule has 3 heteroatoms. The van der Waals surface area contributed by atoms with Crippen LogP contribution in [0.4, 0.5) is 0 Å². The van der Waals surface area contributed by atoms with Crippen molar-refractivity contribution in [1.82, 2.24) is 0 Å². The summed E-state index contributed by atoms with van der Waals surface area (Å²) in [6.07, 6.45) is 12.1. The van der Waals surface area contributed by atoms with E-state index < -0.39 is 0 Å². The van der Waals surface area contributed by atoms with Crippen LogP contribution >= 0.6 is 0 Å². The molecular formula is C21H29NO2. The van der Waals surface area contributed by atoms with Crippen molar-refractivity contribution in [2.45, 2.75) is 64.4 Å². The van der Waals surface area contributed by atoms with Crippen molar-refractivity contribution in [2.24, 2.45) is 28.6 Å². The molecule has 6 unspecified atom stereocenters. The van der Waals surface area contributed by atoms with E-state index in [1.807, 2.05) is 6.08 Å². The minimum Gasteiger partial charge on any atom is -0.395 e. The number of aliphatic hydroxyl groups excluding tert-OH is 2. The quantitative estimate of drug-likeness (QED) is 0.570. The van der Waals surface area contributed by atoms with Crippen molar-refractivity contribution in [2.75, 3.05) is 6.61 Å². The largest absolute Gasteiger partial charge is 0.395 e. The van der Waals surface area contributed by atoms with Gasteiger partial charge < -0.3 is 10.2 Å². The normalized spacial score (nSPS) is 48.9. The third-order valence-electron chi connectivity index (χ3n) is 8.17. The lowest BCUT2D eigenvalue weighted by atomic mass is 9.47. The van der Waals surface area contributed by atoms with Crippen molar-refractivity contribution in [3.63, 3.8) is 0 Å². The van der Waals surface area contributed by atoms with Crippen molar-refractivity contribution in [3.8, 4) is 6.07 Å². The molecule has 0 aromatic carbocycles. The molecule has 0 bridgehead atoms. The van der Waals surface area contributed by atoms with Gasteiger partial charge in [-0.15, -0.1) is 0 Å². The van der Waals surface area contributed by atoms with Gasteiger partial charge in [0.1, 0.15) is 0 Å². The first kappa shape index (κ1) is 16.4. The van der Waals surface area contributed by atoms with Crippen LogP contribution < -0.4 is 0 Å². The highest BCUT2D eigenvalue weighted by molar-refractivity contribution is 5.31. The predicted molar refractivity (Wildman–Crippen MR) is 92.8 cm³/mol. The van der Waals surface area contributed by atoms with Crippen LogP contribution in [0.3, 0.4) is 0 Å². The van der Waals surface area contributed by atoms with E-state index in [9.17, 15) is 10.2 Å². The molecular weight excluding hydrogens is 298 g/mol. The molecule has 4 aliphatic rings. The van der Waals surface area contributed by atoms with Gasteiger partial charge in [0.25, 0.3) is 0 Å². The fourth-order valence-corrected chi connectivity index (χ4v) is 6.90. The van der Waals surface area contributed by atoms with Crippen LogP contribution in [0.15, 0.2) is 23.3 Å². The third kappa shape index (κ3) is 2.09. The second-order valence-corrected chi connectivity index (χ2v) is 8.85. The summed E-state index contributed by atoms with van der Waals surface area (Å²) in [7, 11) is 0. The maximum Gasteiger partial charge on any atom is 0.0911 e. The summed E-state index contributed by atoms with van der Waals surface area (Å²) < 4.78 is 0. The molecule has 0 aliphatic heterocycles. The fourth-order valence-electron chi connectivity index (χ4n) is 6.90. The molecule has 3 nitrogen and oxygen atoms in total. The Morgan fingerprint density at radius 1 is 1.29 bits per heavy atom. The zero-order valence-electron chi connectivity index (χ0n) is 14.7. The van der Waals surface area contributed by atoms with Crippen molar-refractivity contribution < 1.29 is 10.2 Å². The summed E-state index contributed by atoms with van der Waals surface area (Å²) in [5.41, 5.74) is 2.80. The molecule has 0 amide bonds. The monoisotopic (exact) mass is 327 g/mol. The molecule has 0 aromatic rings. The number of allylic oxidation sites excluding steroid dienone is 3. The van der Waals surface area contributed by atoms with Gasteiger partial charge in [0.15, 0.2) is 0 Å². The number of aliphatic hydroxyl groups is 2. The Balaban J connectivity index is 1.70. The Labute approximate surface area is 145 Å². The molecule has 0 saturated heterocycles. The first-order chi connectivity index (χ1) is 11.5. The Morgan fingerprint density at radius 3 is 2.88 bits per heavy atom. The standard InChI is InChI=1S/C21H29NO2/c1-20-9-7-19-17(18(20)5-3-14(20)8-11-22)4-2-15-12-16(24)6-10-21(15,19)13-23/h2,8,16-19,23-24H,3-7,9-10,12-13H2,1H3. The van der Waals surface area contributed by atoms with Gasteiger partial charge in [-0.1, -0.05) is 24.1 Å². The highest BCUT2D eigenvalue weighted by Crippen LogP contribution is 2.66. The van der Waals surface area contributed by atoms with Crippen LogP contribution in [0.25, 0.3) is 0 Å². The number of nitriles is 1. The van der Waals surface area contributed by atoms with Gasteiger partial charge in [0, 0.05) is 11.5 Å². The van der Waals surface area contributed by atoms with E-state index in [4.69, 9.17) is 5.26 Å². The van der Waals surface area contributed by atoms with E-state index in [1.54, 1.807) is 0 Å². The van der Waals surface area contributed by atoms with Crippen LogP contribution in [0.5, 0.6) is 0 Å². The van der Waals surface area contributed by atoms with Crippen LogP contribution in [0, 0.1) is 39.9 Å². The molecule has 130 valence electrons. The third-order valence-corrected chi connectivity index (χ3v) is 8.17. The van der Waals surface area contributed by atoms with Gasteiger partial charge in [-0.05, 0) is 74.5 Å². The van der Waals surface area contributed by atoms with Crippen molar-refractivity contribution in [3.05, 3.63) is 23.3 Å². The van der Waals surface area contributed by atoms with E-state index in [-0.39, 0.29) is 23.5 Å². The zero-order valence-corrected chi connectivity index (χ0v) is 14.7. The second kappa shape index (κ2) is 5.71. The van der Waals surface area contributed by atoms with E-state index >= 15 is 0 Å². The molecule has 0 aromatic heterocycles. The first-order valence-electron chi connectivity index (χ1n) is 9.63. The molecule has 3 fully saturated rings. The molecule has 0 radical (unpaired) electrons. The Hall–Kier alpha value is -1.11. The summed E-state index contributed by atoms with van der Waals surface area (Å²) in [5, 5.41) is 29.6. The van der Waals surface area contributed by atoms with Gasteiger partial charge in [-0.25, -0.2) is 0 Å². The van der Waals surface area contributed by atoms with E-state index in [1.165, 1.54) is 17.6 Å².